The minimum absolute atomic E-state index is 0.371. The SMILES string of the molecule is CCc1cnc(N)c(C#C[C@@H](O)C2CC2)c1. The van der Waals surface area contributed by atoms with E-state index in [0.29, 0.717) is 11.7 Å². The standard InChI is InChI=1S/C13H16N2O/c1-2-9-7-11(13(14)15-8-9)5-6-12(16)10-3-4-10/h7-8,10,12,16H,2-4H2,1H3,(H2,14,15)/t12-/m1/s1. The summed E-state index contributed by atoms with van der Waals surface area (Å²) in [6, 6.07) is 1.94. The first-order valence-corrected chi connectivity index (χ1v) is 5.64. The highest BCUT2D eigenvalue weighted by Gasteiger charge is 2.28. The van der Waals surface area contributed by atoms with Crippen molar-refractivity contribution >= 4 is 5.82 Å². The zero-order chi connectivity index (χ0) is 11.5. The Balaban J connectivity index is 2.18. The first-order chi connectivity index (χ1) is 7.70. The fraction of sp³-hybridized carbons (Fsp3) is 0.462. The van der Waals surface area contributed by atoms with Gasteiger partial charge in [-0.05, 0) is 36.8 Å². The van der Waals surface area contributed by atoms with Gasteiger partial charge < -0.3 is 10.8 Å². The third-order valence-electron chi connectivity index (χ3n) is 2.81. The molecule has 1 aromatic rings. The van der Waals surface area contributed by atoms with Crippen LogP contribution in [0.15, 0.2) is 12.3 Å². The molecule has 0 amide bonds. The zero-order valence-electron chi connectivity index (χ0n) is 9.40. The first-order valence-electron chi connectivity index (χ1n) is 5.64. The molecule has 3 heteroatoms. The molecule has 1 fully saturated rings. The summed E-state index contributed by atoms with van der Waals surface area (Å²) in [5.74, 6) is 6.57. The van der Waals surface area contributed by atoms with E-state index in [-0.39, 0.29) is 0 Å². The summed E-state index contributed by atoms with van der Waals surface area (Å²) in [4.78, 5) is 4.08. The number of hydrogen-bond donors (Lipinski definition) is 2. The van der Waals surface area contributed by atoms with Crippen LogP contribution in [0.25, 0.3) is 0 Å². The van der Waals surface area contributed by atoms with Crippen LogP contribution in [0.2, 0.25) is 0 Å². The van der Waals surface area contributed by atoms with Gasteiger partial charge >= 0.3 is 0 Å². The molecule has 1 aliphatic rings. The second-order valence-electron chi connectivity index (χ2n) is 4.18. The van der Waals surface area contributed by atoms with E-state index in [0.717, 1.165) is 30.4 Å². The summed E-state index contributed by atoms with van der Waals surface area (Å²) in [6.45, 7) is 2.06. The average Bonchev–Trinajstić information content (AvgIpc) is 3.11. The molecule has 0 bridgehead atoms. The number of nitrogen functional groups attached to an aromatic ring is 1. The highest BCUT2D eigenvalue weighted by molar-refractivity contribution is 5.52. The summed E-state index contributed by atoms with van der Waals surface area (Å²) in [5, 5.41) is 9.63. The zero-order valence-corrected chi connectivity index (χ0v) is 9.40. The number of aromatic nitrogens is 1. The largest absolute Gasteiger partial charge is 0.383 e. The number of aryl methyl sites for hydroxylation is 1. The minimum atomic E-state index is -0.510. The number of hydrogen-bond acceptors (Lipinski definition) is 3. The van der Waals surface area contributed by atoms with Crippen molar-refractivity contribution in [1.82, 2.24) is 4.98 Å². The highest BCUT2D eigenvalue weighted by atomic mass is 16.3. The lowest BCUT2D eigenvalue weighted by atomic mass is 10.1. The lowest BCUT2D eigenvalue weighted by Crippen LogP contribution is -2.05. The Morgan fingerprint density at radius 3 is 3.00 bits per heavy atom. The maximum absolute atomic E-state index is 9.63. The first kappa shape index (κ1) is 11.0. The van der Waals surface area contributed by atoms with Crippen LogP contribution in [0.5, 0.6) is 0 Å². The molecule has 0 aliphatic heterocycles. The van der Waals surface area contributed by atoms with Gasteiger partial charge in [-0.1, -0.05) is 18.8 Å². The number of nitrogens with two attached hydrogens (primary N) is 1. The van der Waals surface area contributed by atoms with Crippen molar-refractivity contribution < 1.29 is 5.11 Å². The Labute approximate surface area is 95.7 Å². The van der Waals surface area contributed by atoms with E-state index in [1.807, 2.05) is 6.07 Å². The van der Waals surface area contributed by atoms with Gasteiger partial charge in [0.15, 0.2) is 0 Å². The molecule has 2 rings (SSSR count). The summed E-state index contributed by atoms with van der Waals surface area (Å²) in [6.07, 6.45) is 4.33. The Morgan fingerprint density at radius 2 is 2.38 bits per heavy atom. The lowest BCUT2D eigenvalue weighted by Gasteiger charge is -2.01. The molecule has 3 N–H and O–H groups in total. The molecule has 84 valence electrons. The summed E-state index contributed by atoms with van der Waals surface area (Å²) in [7, 11) is 0. The third kappa shape index (κ3) is 2.53. The van der Waals surface area contributed by atoms with Gasteiger partial charge in [-0.2, -0.15) is 0 Å². The van der Waals surface area contributed by atoms with Crippen molar-refractivity contribution in [3.8, 4) is 11.8 Å². The number of rotatable bonds is 2. The average molecular weight is 216 g/mol. The number of anilines is 1. The summed E-state index contributed by atoms with van der Waals surface area (Å²) >= 11 is 0. The second kappa shape index (κ2) is 4.54. The molecule has 16 heavy (non-hydrogen) atoms. The Hall–Kier alpha value is -1.53. The second-order valence-corrected chi connectivity index (χ2v) is 4.18. The molecular formula is C13H16N2O. The molecule has 1 aromatic heterocycles. The van der Waals surface area contributed by atoms with Crippen LogP contribution in [0, 0.1) is 17.8 Å². The fourth-order valence-corrected chi connectivity index (χ4v) is 1.49. The highest BCUT2D eigenvalue weighted by Crippen LogP contribution is 2.32. The smallest absolute Gasteiger partial charge is 0.139 e. The van der Waals surface area contributed by atoms with Crippen LogP contribution in [-0.4, -0.2) is 16.2 Å². The number of nitrogens with zero attached hydrogens (tertiary/aromatic N) is 1. The molecule has 0 saturated heterocycles. The van der Waals surface area contributed by atoms with E-state index in [1.165, 1.54) is 0 Å². The van der Waals surface area contributed by atoms with Crippen LogP contribution in [0.3, 0.4) is 0 Å². The van der Waals surface area contributed by atoms with Crippen molar-refractivity contribution in [2.75, 3.05) is 5.73 Å². The van der Waals surface area contributed by atoms with Crippen molar-refractivity contribution in [2.45, 2.75) is 32.3 Å². The van der Waals surface area contributed by atoms with E-state index in [2.05, 4.69) is 23.7 Å². The third-order valence-corrected chi connectivity index (χ3v) is 2.81. The summed E-state index contributed by atoms with van der Waals surface area (Å²) in [5.41, 5.74) is 7.56. The van der Waals surface area contributed by atoms with Gasteiger partial charge in [0.05, 0.1) is 5.56 Å². The van der Waals surface area contributed by atoms with Crippen LogP contribution in [0.1, 0.15) is 30.9 Å². The van der Waals surface area contributed by atoms with E-state index in [9.17, 15) is 5.11 Å². The van der Waals surface area contributed by atoms with Gasteiger partial charge in [0.2, 0.25) is 0 Å². The number of aliphatic hydroxyl groups excluding tert-OH is 1. The Morgan fingerprint density at radius 1 is 1.62 bits per heavy atom. The minimum Gasteiger partial charge on any atom is -0.383 e. The van der Waals surface area contributed by atoms with Gasteiger partial charge in [0.1, 0.15) is 11.9 Å². The number of pyridine rings is 1. The van der Waals surface area contributed by atoms with Gasteiger partial charge in [0, 0.05) is 6.20 Å². The Bertz CT molecular complexity index is 441. The normalized spacial score (nSPS) is 16.4. The molecule has 3 nitrogen and oxygen atoms in total. The molecule has 1 saturated carbocycles. The van der Waals surface area contributed by atoms with Gasteiger partial charge in [-0.3, -0.25) is 0 Å². The van der Waals surface area contributed by atoms with Crippen LogP contribution >= 0.6 is 0 Å². The summed E-state index contributed by atoms with van der Waals surface area (Å²) < 4.78 is 0. The van der Waals surface area contributed by atoms with E-state index in [4.69, 9.17) is 5.73 Å². The van der Waals surface area contributed by atoms with Gasteiger partial charge in [0.25, 0.3) is 0 Å². The van der Waals surface area contributed by atoms with Crippen LogP contribution < -0.4 is 5.73 Å². The van der Waals surface area contributed by atoms with E-state index in [1.54, 1.807) is 6.20 Å². The molecule has 1 heterocycles. The topological polar surface area (TPSA) is 59.1 Å². The van der Waals surface area contributed by atoms with Gasteiger partial charge in [-0.25, -0.2) is 4.98 Å². The predicted molar refractivity (Wildman–Crippen MR) is 63.6 cm³/mol. The fourth-order valence-electron chi connectivity index (χ4n) is 1.49. The van der Waals surface area contributed by atoms with Crippen molar-refractivity contribution in [3.63, 3.8) is 0 Å². The maximum atomic E-state index is 9.63. The van der Waals surface area contributed by atoms with E-state index >= 15 is 0 Å². The molecule has 0 radical (unpaired) electrons. The van der Waals surface area contributed by atoms with E-state index < -0.39 is 6.10 Å². The molecular weight excluding hydrogens is 200 g/mol. The maximum Gasteiger partial charge on any atom is 0.139 e. The lowest BCUT2D eigenvalue weighted by molar-refractivity contribution is 0.209. The van der Waals surface area contributed by atoms with Crippen molar-refractivity contribution in [3.05, 3.63) is 23.4 Å². The van der Waals surface area contributed by atoms with Crippen molar-refractivity contribution in [2.24, 2.45) is 5.92 Å². The quantitative estimate of drug-likeness (QED) is 0.734. The van der Waals surface area contributed by atoms with Crippen LogP contribution in [-0.2, 0) is 6.42 Å². The van der Waals surface area contributed by atoms with Crippen LogP contribution in [0.4, 0.5) is 5.82 Å². The molecule has 1 aliphatic carbocycles. The predicted octanol–water partition coefficient (Wildman–Crippen LogP) is 1.35. The molecule has 0 aromatic carbocycles. The van der Waals surface area contributed by atoms with Crippen molar-refractivity contribution in [1.29, 1.82) is 0 Å². The molecule has 0 spiro atoms. The Kier molecular flexibility index (Phi) is 3.12. The molecule has 1 atom stereocenters. The number of aliphatic hydroxyl groups is 1. The molecule has 0 unspecified atom stereocenters. The monoisotopic (exact) mass is 216 g/mol. The van der Waals surface area contributed by atoms with Gasteiger partial charge in [-0.15, -0.1) is 0 Å².